The first-order chi connectivity index (χ1) is 11.5. The molecule has 4 heteroatoms. The molecule has 0 unspecified atom stereocenters. The van der Waals surface area contributed by atoms with Crippen LogP contribution >= 0.6 is 0 Å². The van der Waals surface area contributed by atoms with E-state index in [1.807, 2.05) is 12.1 Å². The Labute approximate surface area is 141 Å². The molecule has 0 spiro atoms. The molecule has 0 saturated carbocycles. The first-order valence-corrected chi connectivity index (χ1v) is 7.94. The summed E-state index contributed by atoms with van der Waals surface area (Å²) in [4.78, 5) is 37.1. The van der Waals surface area contributed by atoms with E-state index in [-0.39, 0.29) is 11.7 Å². The van der Waals surface area contributed by atoms with Crippen molar-refractivity contribution in [2.75, 3.05) is 5.32 Å². The normalized spacial score (nSPS) is 13.1. The van der Waals surface area contributed by atoms with Crippen LogP contribution in [-0.4, -0.2) is 18.0 Å². The van der Waals surface area contributed by atoms with Gasteiger partial charge in [-0.15, -0.1) is 0 Å². The lowest BCUT2D eigenvalue weighted by Gasteiger charge is -2.23. The van der Waals surface area contributed by atoms with E-state index in [0.717, 1.165) is 0 Å². The molecule has 1 amide bonds. The number of anilines is 1. The molecule has 0 radical (unpaired) electrons. The molecule has 0 aliphatic carbocycles. The molecule has 0 aliphatic rings. The fourth-order valence-corrected chi connectivity index (χ4v) is 2.59. The van der Waals surface area contributed by atoms with Crippen LogP contribution in [0.15, 0.2) is 60.7 Å². The highest BCUT2D eigenvalue weighted by atomic mass is 16.2. The van der Waals surface area contributed by atoms with Gasteiger partial charge in [-0.05, 0) is 17.7 Å². The van der Waals surface area contributed by atoms with E-state index in [9.17, 15) is 14.4 Å². The van der Waals surface area contributed by atoms with E-state index in [1.54, 1.807) is 62.4 Å². The van der Waals surface area contributed by atoms with Gasteiger partial charge >= 0.3 is 0 Å². The quantitative estimate of drug-likeness (QED) is 0.627. The van der Waals surface area contributed by atoms with Crippen LogP contribution in [0.3, 0.4) is 0 Å². The molecule has 0 heterocycles. The van der Waals surface area contributed by atoms with Crippen LogP contribution in [0.1, 0.15) is 25.3 Å². The number of carbonyl (C=O) groups is 3. The Bertz CT molecular complexity index is 695. The van der Waals surface area contributed by atoms with Crippen molar-refractivity contribution in [2.24, 2.45) is 11.8 Å². The molecule has 1 N–H and O–H groups in total. The summed E-state index contributed by atoms with van der Waals surface area (Å²) in [5.41, 5.74) is 1.26. The SMILES string of the molecule is CC(C)C(=O)[C@H](C(=O)Nc1ccccc1)[C@H](C=O)c1ccccc1. The summed E-state index contributed by atoms with van der Waals surface area (Å²) >= 11 is 0. The van der Waals surface area contributed by atoms with Crippen LogP contribution in [0, 0.1) is 11.8 Å². The fraction of sp³-hybridized carbons (Fsp3) is 0.250. The third kappa shape index (κ3) is 4.16. The van der Waals surface area contributed by atoms with Crippen molar-refractivity contribution in [3.8, 4) is 0 Å². The predicted octanol–water partition coefficient (Wildman–Crippen LogP) is 3.45. The van der Waals surface area contributed by atoms with Crippen molar-refractivity contribution in [3.05, 3.63) is 66.2 Å². The Hall–Kier alpha value is -2.75. The molecule has 2 aromatic carbocycles. The minimum Gasteiger partial charge on any atom is -0.325 e. The summed E-state index contributed by atoms with van der Waals surface area (Å²) in [7, 11) is 0. The van der Waals surface area contributed by atoms with Gasteiger partial charge in [-0.1, -0.05) is 62.4 Å². The van der Waals surface area contributed by atoms with E-state index in [2.05, 4.69) is 5.32 Å². The number of hydrogen-bond acceptors (Lipinski definition) is 3. The van der Waals surface area contributed by atoms with Crippen LogP contribution in [0.5, 0.6) is 0 Å². The Morgan fingerprint density at radius 3 is 1.96 bits per heavy atom. The monoisotopic (exact) mass is 323 g/mol. The van der Waals surface area contributed by atoms with Gasteiger partial charge in [0.1, 0.15) is 18.0 Å². The van der Waals surface area contributed by atoms with E-state index in [1.165, 1.54) is 0 Å². The van der Waals surface area contributed by atoms with Gasteiger partial charge in [-0.2, -0.15) is 0 Å². The Kier molecular flexibility index (Phi) is 6.01. The predicted molar refractivity (Wildman–Crippen MR) is 93.7 cm³/mol. The van der Waals surface area contributed by atoms with Gasteiger partial charge in [-0.25, -0.2) is 0 Å². The fourth-order valence-electron chi connectivity index (χ4n) is 2.59. The largest absolute Gasteiger partial charge is 0.325 e. The Morgan fingerprint density at radius 2 is 1.46 bits per heavy atom. The number of carbonyl (C=O) groups excluding carboxylic acids is 3. The maximum absolute atomic E-state index is 12.7. The van der Waals surface area contributed by atoms with Gasteiger partial charge in [0, 0.05) is 11.6 Å². The highest BCUT2D eigenvalue weighted by Gasteiger charge is 2.36. The van der Waals surface area contributed by atoms with Crippen LogP contribution in [0.4, 0.5) is 5.69 Å². The molecule has 0 aliphatic heterocycles. The number of nitrogens with one attached hydrogen (secondary N) is 1. The molecule has 0 bridgehead atoms. The van der Waals surface area contributed by atoms with Crippen molar-refractivity contribution in [3.63, 3.8) is 0 Å². The van der Waals surface area contributed by atoms with Gasteiger partial charge < -0.3 is 10.1 Å². The zero-order chi connectivity index (χ0) is 17.5. The first-order valence-electron chi connectivity index (χ1n) is 7.94. The minimum absolute atomic E-state index is 0.246. The van der Waals surface area contributed by atoms with Gasteiger partial charge in [0.2, 0.25) is 5.91 Å². The summed E-state index contributed by atoms with van der Waals surface area (Å²) in [5.74, 6) is -2.90. The maximum Gasteiger partial charge on any atom is 0.236 e. The molecule has 0 fully saturated rings. The van der Waals surface area contributed by atoms with Crippen LogP contribution < -0.4 is 5.32 Å². The third-order valence-electron chi connectivity index (χ3n) is 3.89. The van der Waals surface area contributed by atoms with Gasteiger partial charge in [0.15, 0.2) is 0 Å². The van der Waals surface area contributed by atoms with Crippen molar-refractivity contribution in [1.82, 2.24) is 0 Å². The van der Waals surface area contributed by atoms with E-state index in [0.29, 0.717) is 17.5 Å². The average Bonchev–Trinajstić information content (AvgIpc) is 2.60. The van der Waals surface area contributed by atoms with E-state index in [4.69, 9.17) is 0 Å². The maximum atomic E-state index is 12.7. The second-order valence-electron chi connectivity index (χ2n) is 5.96. The lowest BCUT2D eigenvalue weighted by atomic mass is 9.80. The number of ketones is 1. The van der Waals surface area contributed by atoms with Gasteiger partial charge in [0.05, 0.1) is 5.92 Å². The summed E-state index contributed by atoms with van der Waals surface area (Å²) in [6.07, 6.45) is 0.685. The summed E-state index contributed by atoms with van der Waals surface area (Å²) in [5, 5.41) is 2.74. The summed E-state index contributed by atoms with van der Waals surface area (Å²) in [6, 6.07) is 17.8. The van der Waals surface area contributed by atoms with Crippen molar-refractivity contribution >= 4 is 23.7 Å². The lowest BCUT2D eigenvalue weighted by Crippen LogP contribution is -2.37. The minimum atomic E-state index is -1.05. The molecule has 2 rings (SSSR count). The second kappa shape index (κ2) is 8.20. The van der Waals surface area contributed by atoms with Gasteiger partial charge in [-0.3, -0.25) is 9.59 Å². The Morgan fingerprint density at radius 1 is 0.917 bits per heavy atom. The van der Waals surface area contributed by atoms with Crippen molar-refractivity contribution < 1.29 is 14.4 Å². The van der Waals surface area contributed by atoms with Crippen molar-refractivity contribution in [1.29, 1.82) is 0 Å². The van der Waals surface area contributed by atoms with E-state index < -0.39 is 17.7 Å². The summed E-state index contributed by atoms with van der Waals surface area (Å²) < 4.78 is 0. The first kappa shape index (κ1) is 17.6. The smallest absolute Gasteiger partial charge is 0.236 e. The number of rotatable bonds is 7. The molecule has 0 saturated heterocycles. The molecule has 2 aromatic rings. The molecule has 4 nitrogen and oxygen atoms in total. The topological polar surface area (TPSA) is 63.2 Å². The molecule has 2 atom stereocenters. The molecule has 24 heavy (non-hydrogen) atoms. The van der Waals surface area contributed by atoms with Crippen LogP contribution in [-0.2, 0) is 14.4 Å². The van der Waals surface area contributed by atoms with Gasteiger partial charge in [0.25, 0.3) is 0 Å². The highest BCUT2D eigenvalue weighted by molar-refractivity contribution is 6.10. The number of aldehydes is 1. The van der Waals surface area contributed by atoms with E-state index >= 15 is 0 Å². The third-order valence-corrected chi connectivity index (χ3v) is 3.89. The summed E-state index contributed by atoms with van der Waals surface area (Å²) in [6.45, 7) is 3.47. The molecular formula is C20H21NO3. The lowest BCUT2D eigenvalue weighted by molar-refractivity contribution is -0.136. The number of para-hydroxylation sites is 1. The van der Waals surface area contributed by atoms with Crippen LogP contribution in [0.25, 0.3) is 0 Å². The number of amides is 1. The van der Waals surface area contributed by atoms with Crippen LogP contribution in [0.2, 0.25) is 0 Å². The second-order valence-corrected chi connectivity index (χ2v) is 5.96. The zero-order valence-electron chi connectivity index (χ0n) is 13.8. The standard InChI is InChI=1S/C20H21NO3/c1-14(2)19(23)18(17(13-22)15-9-5-3-6-10-15)20(24)21-16-11-7-4-8-12-16/h3-14,17-18H,1-2H3,(H,21,24)/t17-,18-/m1/s1. The zero-order valence-corrected chi connectivity index (χ0v) is 13.8. The number of Topliss-reactive ketones (excluding diaryl/α,β-unsaturated/α-hetero) is 1. The number of benzene rings is 2. The molecule has 124 valence electrons. The average molecular weight is 323 g/mol. The highest BCUT2D eigenvalue weighted by Crippen LogP contribution is 2.27. The number of hydrogen-bond donors (Lipinski definition) is 1. The Balaban J connectivity index is 2.35. The molecular weight excluding hydrogens is 302 g/mol. The van der Waals surface area contributed by atoms with Crippen molar-refractivity contribution in [2.45, 2.75) is 19.8 Å². The molecule has 0 aromatic heterocycles.